The van der Waals surface area contributed by atoms with Crippen LogP contribution in [0, 0.1) is 17.8 Å². The monoisotopic (exact) mass is 677 g/mol. The van der Waals surface area contributed by atoms with Crippen LogP contribution in [0.2, 0.25) is 5.02 Å². The molecular weight excluding hydrogens is 633 g/mol. The summed E-state index contributed by atoms with van der Waals surface area (Å²) in [5.41, 5.74) is 4.58. The summed E-state index contributed by atoms with van der Waals surface area (Å²) in [7, 11) is 1.79. The molecule has 6 atom stereocenters. The number of hydrogen-bond donors (Lipinski definition) is 0. The predicted octanol–water partition coefficient (Wildman–Crippen LogP) is 4.03. The number of allylic oxidation sites excluding steroid dienone is 1. The Bertz CT molecular complexity index is 1490. The van der Waals surface area contributed by atoms with Gasteiger partial charge in [0.2, 0.25) is 0 Å². The van der Waals surface area contributed by atoms with Crippen molar-refractivity contribution in [3.05, 3.63) is 69.8 Å². The van der Waals surface area contributed by atoms with Gasteiger partial charge in [0.25, 0.3) is 0 Å². The normalized spacial score (nSPS) is 26.5. The zero-order valence-corrected chi connectivity index (χ0v) is 31.4. The minimum Gasteiger partial charge on any atom is -0.772 e. The van der Waals surface area contributed by atoms with Crippen molar-refractivity contribution in [2.24, 2.45) is 17.8 Å². The molecule has 2 aromatic rings. The Hall–Kier alpha value is -1.39. The van der Waals surface area contributed by atoms with E-state index in [0.29, 0.717) is 36.3 Å². The quantitative estimate of drug-likeness (QED) is 0.172. The van der Waals surface area contributed by atoms with Crippen LogP contribution in [-0.4, -0.2) is 59.0 Å². The van der Waals surface area contributed by atoms with Gasteiger partial charge in [0.15, 0.2) is 0 Å². The summed E-state index contributed by atoms with van der Waals surface area (Å²) in [6.07, 6.45) is 9.14. The van der Waals surface area contributed by atoms with Gasteiger partial charge in [-0.2, -0.15) is 0 Å². The van der Waals surface area contributed by atoms with E-state index in [9.17, 15) is 13.6 Å². The Kier molecular flexibility index (Phi) is 11.4. The third kappa shape index (κ3) is 7.74. The molecule has 3 aliphatic carbocycles. The topological polar surface area (TPSA) is 88.1 Å². The van der Waals surface area contributed by atoms with Gasteiger partial charge < -0.3 is 23.7 Å². The maximum absolute atomic E-state index is 13.2. The number of benzene rings is 2. The molecular formula is C36H45ClNNaO6S. The van der Waals surface area contributed by atoms with Crippen LogP contribution in [0.5, 0.6) is 5.75 Å². The van der Waals surface area contributed by atoms with Gasteiger partial charge in [-0.1, -0.05) is 34.8 Å². The van der Waals surface area contributed by atoms with E-state index in [0.717, 1.165) is 68.1 Å². The molecule has 0 radical (unpaired) electrons. The molecule has 0 aromatic heterocycles. The van der Waals surface area contributed by atoms with E-state index < -0.39 is 16.7 Å². The molecule has 0 N–H and O–H groups in total. The number of halogens is 1. The molecule has 1 heterocycles. The minimum atomic E-state index is -2.00. The van der Waals surface area contributed by atoms with Crippen molar-refractivity contribution >= 4 is 34.3 Å². The van der Waals surface area contributed by atoms with Gasteiger partial charge in [0, 0.05) is 36.4 Å². The van der Waals surface area contributed by atoms with Crippen molar-refractivity contribution < 1.29 is 57.3 Å². The molecule has 6 rings (SSSR count). The number of methoxy groups -OCH3 is 1. The second-order valence-corrected chi connectivity index (χ2v) is 15.9. The number of anilines is 1. The summed E-state index contributed by atoms with van der Waals surface area (Å²) >= 11 is 4.44. The summed E-state index contributed by atoms with van der Waals surface area (Å²) < 4.78 is 40.6. The molecule has 1 spiro atoms. The van der Waals surface area contributed by atoms with E-state index >= 15 is 0 Å². The van der Waals surface area contributed by atoms with Gasteiger partial charge in [0.05, 0.1) is 24.0 Å². The smallest absolute Gasteiger partial charge is 0.772 e. The maximum atomic E-state index is 13.2. The molecule has 7 nitrogen and oxygen atoms in total. The standard InChI is InChI=1S/C36H46ClNO6S.Na/c1-35(2,3)44-34(39)25-8-12-32-31(19-25)38(21-36(22-43-32)14-5-6-24-18-28(37)9-11-30(24)36)20-26-7-10-29(26)33(42-4)27-16-23(17-27)13-15-45(40)41;/h8-9,11-12,16,18-19,23,26,29,33H,5-7,10,13-15,17,20-22H2,1-4H3,(H,40,41);/q;+1/p-1/t23?,26-,29+,33+,36-;/m0./s1. The van der Waals surface area contributed by atoms with Crippen LogP contribution in [0.4, 0.5) is 5.69 Å². The average molecular weight is 678 g/mol. The van der Waals surface area contributed by atoms with Crippen LogP contribution in [0.3, 0.4) is 0 Å². The number of aryl methyl sites for hydroxylation is 1. The van der Waals surface area contributed by atoms with E-state index in [-0.39, 0.29) is 52.8 Å². The minimum absolute atomic E-state index is 0. The van der Waals surface area contributed by atoms with E-state index in [1.165, 1.54) is 16.7 Å². The number of fused-ring (bicyclic) bond motifs is 3. The molecule has 0 bridgehead atoms. The van der Waals surface area contributed by atoms with Crippen LogP contribution < -0.4 is 39.2 Å². The van der Waals surface area contributed by atoms with Gasteiger partial charge in [-0.15, -0.1) is 0 Å². The zero-order valence-electron chi connectivity index (χ0n) is 27.8. The average Bonchev–Trinajstić information content (AvgIpc) is 3.09. The first kappa shape index (κ1) is 35.9. The number of carbonyl (C=O) groups excluding carboxylic acids is 1. The number of carbonyl (C=O) groups is 1. The van der Waals surface area contributed by atoms with E-state index in [2.05, 4.69) is 23.1 Å². The Morgan fingerprint density at radius 2 is 2.00 bits per heavy atom. The SMILES string of the molecule is CO[C@H](C1=CC(CCS(=O)[O-])C1)[C@@H]1CC[C@H]1CN1C[C@@]2(CCCc3cc(Cl)ccc32)COc2ccc(C(=O)OC(C)(C)C)cc21.[Na+]. The van der Waals surface area contributed by atoms with E-state index in [1.807, 2.05) is 45.0 Å². The maximum Gasteiger partial charge on any atom is 1.00 e. The number of ether oxygens (including phenoxy) is 3. The molecule has 0 saturated heterocycles. The number of nitrogens with zero attached hydrogens (tertiary/aromatic N) is 1. The third-order valence-electron chi connectivity index (χ3n) is 10.2. The first-order valence-corrected chi connectivity index (χ1v) is 17.9. The van der Waals surface area contributed by atoms with Crippen LogP contribution in [0.25, 0.3) is 0 Å². The van der Waals surface area contributed by atoms with Crippen LogP contribution in [-0.2, 0) is 32.4 Å². The Morgan fingerprint density at radius 1 is 1.22 bits per heavy atom. The van der Waals surface area contributed by atoms with Crippen molar-refractivity contribution in [1.29, 1.82) is 0 Å². The molecule has 46 heavy (non-hydrogen) atoms. The van der Waals surface area contributed by atoms with Crippen molar-refractivity contribution in [2.75, 3.05) is 37.5 Å². The molecule has 244 valence electrons. The number of esters is 1. The fourth-order valence-corrected chi connectivity index (χ4v) is 8.59. The predicted molar refractivity (Wildman–Crippen MR) is 177 cm³/mol. The van der Waals surface area contributed by atoms with Gasteiger partial charge in [0.1, 0.15) is 11.4 Å². The summed E-state index contributed by atoms with van der Waals surface area (Å²) in [6, 6.07) is 12.0. The first-order chi connectivity index (χ1) is 21.4. The molecule has 4 aliphatic rings. The molecule has 1 aliphatic heterocycles. The Morgan fingerprint density at radius 3 is 2.67 bits per heavy atom. The van der Waals surface area contributed by atoms with Crippen LogP contribution in [0.15, 0.2) is 48.0 Å². The molecule has 2 aromatic carbocycles. The second kappa shape index (κ2) is 14.6. The largest absolute Gasteiger partial charge is 1.00 e. The Balaban J connectivity index is 0.00000417. The summed E-state index contributed by atoms with van der Waals surface area (Å²) in [4.78, 5) is 15.6. The molecule has 1 saturated carbocycles. The van der Waals surface area contributed by atoms with Crippen molar-refractivity contribution in [3.63, 3.8) is 0 Å². The van der Waals surface area contributed by atoms with E-state index in [1.54, 1.807) is 7.11 Å². The van der Waals surface area contributed by atoms with Gasteiger partial charge in [-0.3, -0.25) is 4.21 Å². The number of rotatable bonds is 9. The van der Waals surface area contributed by atoms with Crippen molar-refractivity contribution in [2.45, 2.75) is 82.8 Å². The van der Waals surface area contributed by atoms with Gasteiger partial charge in [-0.05, 0) is 131 Å². The Labute approximate surface area is 303 Å². The van der Waals surface area contributed by atoms with Gasteiger partial charge in [-0.25, -0.2) is 4.79 Å². The van der Waals surface area contributed by atoms with Crippen molar-refractivity contribution in [1.82, 2.24) is 0 Å². The van der Waals surface area contributed by atoms with Crippen LogP contribution in [0.1, 0.15) is 80.8 Å². The molecule has 1 fully saturated rings. The second-order valence-electron chi connectivity index (χ2n) is 14.4. The molecule has 2 unspecified atom stereocenters. The summed E-state index contributed by atoms with van der Waals surface area (Å²) in [5, 5.41) is 0.763. The molecule has 0 amide bonds. The number of hydrogen-bond acceptors (Lipinski definition) is 7. The summed E-state index contributed by atoms with van der Waals surface area (Å²) in [6.45, 7) is 7.82. The summed E-state index contributed by atoms with van der Waals surface area (Å²) in [5.74, 6) is 1.76. The zero-order chi connectivity index (χ0) is 31.9. The fraction of sp³-hybridized carbons (Fsp3) is 0.583. The van der Waals surface area contributed by atoms with E-state index in [4.69, 9.17) is 25.8 Å². The van der Waals surface area contributed by atoms with Gasteiger partial charge >= 0.3 is 35.5 Å². The molecule has 10 heteroatoms. The first-order valence-electron chi connectivity index (χ1n) is 16.3. The van der Waals surface area contributed by atoms with Crippen molar-refractivity contribution in [3.8, 4) is 5.75 Å². The van der Waals surface area contributed by atoms with Crippen LogP contribution >= 0.6 is 11.6 Å². The third-order valence-corrected chi connectivity index (χ3v) is 11.0. The fourth-order valence-electron chi connectivity index (χ4n) is 7.90.